The number of nitrogens with zero attached hydrogens (tertiary/aromatic N) is 1. The first-order chi connectivity index (χ1) is 14.5. The van der Waals surface area contributed by atoms with Crippen molar-refractivity contribution in [1.82, 2.24) is 0 Å². The largest absolute Gasteiger partial charge is 0.456 e. The molecule has 152 valence electrons. The van der Waals surface area contributed by atoms with E-state index in [0.29, 0.717) is 22.1 Å². The second kappa shape index (κ2) is 6.78. The minimum atomic E-state index is -1.10. The summed E-state index contributed by atoms with van der Waals surface area (Å²) in [6.45, 7) is 7.68. The number of para-hydroxylation sites is 1. The van der Waals surface area contributed by atoms with Gasteiger partial charge in [0.1, 0.15) is 11.5 Å². The number of fused-ring (bicyclic) bond motifs is 6. The lowest BCUT2D eigenvalue weighted by molar-refractivity contribution is 0.0226. The van der Waals surface area contributed by atoms with Crippen LogP contribution in [0.25, 0.3) is 0 Å². The maximum absolute atomic E-state index is 13.0. The molecule has 1 unspecified atom stereocenters. The Labute approximate surface area is 181 Å². The zero-order valence-corrected chi connectivity index (χ0v) is 17.9. The number of esters is 1. The molecule has 1 spiro atoms. The summed E-state index contributed by atoms with van der Waals surface area (Å²) in [6.07, 6.45) is 0. The lowest BCUT2D eigenvalue weighted by Crippen LogP contribution is -2.36. The normalized spacial score (nSPS) is 18.3. The molecule has 0 bridgehead atoms. The van der Waals surface area contributed by atoms with Crippen molar-refractivity contribution in [1.29, 1.82) is 0 Å². The number of aryl methyl sites for hydroxylation is 1. The first kappa shape index (κ1) is 19.0. The molecule has 1 atom stereocenters. The van der Waals surface area contributed by atoms with Crippen LogP contribution in [0.15, 0.2) is 54.6 Å². The molecule has 4 nitrogen and oxygen atoms in total. The molecule has 0 saturated carbocycles. The molecular formula is C25H22ClNO3. The number of carbonyl (C=O) groups excluding carboxylic acids is 1. The van der Waals surface area contributed by atoms with Gasteiger partial charge in [0.05, 0.1) is 21.8 Å². The number of hydrogen-bond donors (Lipinski definition) is 0. The van der Waals surface area contributed by atoms with Gasteiger partial charge < -0.3 is 14.4 Å². The summed E-state index contributed by atoms with van der Waals surface area (Å²) in [6, 6.07) is 17.3. The first-order valence-corrected chi connectivity index (χ1v) is 10.6. The van der Waals surface area contributed by atoms with Gasteiger partial charge in [0.2, 0.25) is 0 Å². The van der Waals surface area contributed by atoms with Gasteiger partial charge in [-0.05, 0) is 44.5 Å². The molecule has 5 heteroatoms. The molecule has 0 fully saturated rings. The van der Waals surface area contributed by atoms with Crippen LogP contribution < -0.4 is 9.64 Å². The van der Waals surface area contributed by atoms with Gasteiger partial charge in [-0.3, -0.25) is 0 Å². The second-order valence-electron chi connectivity index (χ2n) is 7.62. The van der Waals surface area contributed by atoms with Crippen LogP contribution >= 0.6 is 11.6 Å². The summed E-state index contributed by atoms with van der Waals surface area (Å²) >= 11 is 6.90. The summed E-state index contributed by atoms with van der Waals surface area (Å²) < 4.78 is 12.6. The van der Waals surface area contributed by atoms with Gasteiger partial charge in [-0.25, -0.2) is 4.79 Å². The predicted octanol–water partition coefficient (Wildman–Crippen LogP) is 6.06. The third-order valence-electron chi connectivity index (χ3n) is 6.07. The Morgan fingerprint density at radius 3 is 2.37 bits per heavy atom. The van der Waals surface area contributed by atoms with Crippen LogP contribution in [-0.2, 0) is 10.3 Å². The van der Waals surface area contributed by atoms with Crippen LogP contribution in [0, 0.1) is 6.92 Å². The highest BCUT2D eigenvalue weighted by Crippen LogP contribution is 2.60. The Morgan fingerprint density at radius 1 is 0.967 bits per heavy atom. The molecule has 0 saturated heterocycles. The van der Waals surface area contributed by atoms with Crippen LogP contribution in [-0.4, -0.2) is 19.1 Å². The van der Waals surface area contributed by atoms with Gasteiger partial charge in [-0.1, -0.05) is 48.0 Å². The van der Waals surface area contributed by atoms with Crippen molar-refractivity contribution in [3.8, 4) is 11.5 Å². The number of hydrogen-bond acceptors (Lipinski definition) is 4. The molecular weight excluding hydrogens is 398 g/mol. The van der Waals surface area contributed by atoms with E-state index >= 15 is 0 Å². The fraction of sp³-hybridized carbons (Fsp3) is 0.240. The standard InChI is InChI=1S/C25H22ClNO3/c1-4-27(5-2)23-21-20(14-15(3)22(23)26)29-19-13-9-8-12-18(19)25(21)17-11-7-6-10-16(17)24(28)30-25/h6-14H,4-5H2,1-3H3. The summed E-state index contributed by atoms with van der Waals surface area (Å²) in [5.41, 5.74) is 3.67. The van der Waals surface area contributed by atoms with Crippen LogP contribution in [0.3, 0.4) is 0 Å². The SMILES string of the molecule is CCN(CC)c1c(Cl)c(C)cc2c1C1(OC(=O)c3ccccc31)c1ccccc1O2. The quantitative estimate of drug-likeness (QED) is 0.483. The van der Waals surface area contributed by atoms with E-state index in [4.69, 9.17) is 21.1 Å². The van der Waals surface area contributed by atoms with E-state index in [1.54, 1.807) is 0 Å². The molecule has 0 N–H and O–H groups in total. The maximum Gasteiger partial charge on any atom is 0.340 e. The summed E-state index contributed by atoms with van der Waals surface area (Å²) in [5, 5.41) is 0.653. The highest BCUT2D eigenvalue weighted by molar-refractivity contribution is 6.34. The summed E-state index contributed by atoms with van der Waals surface area (Å²) in [5.74, 6) is 1.01. The minimum absolute atomic E-state index is 0.338. The molecule has 0 radical (unpaired) electrons. The number of ether oxygens (including phenoxy) is 2. The number of benzene rings is 3. The Bertz CT molecular complexity index is 1190. The van der Waals surface area contributed by atoms with E-state index in [1.165, 1.54) is 0 Å². The number of rotatable bonds is 3. The summed E-state index contributed by atoms with van der Waals surface area (Å²) in [7, 11) is 0. The van der Waals surface area contributed by atoms with Crippen molar-refractivity contribution in [3.05, 3.63) is 87.4 Å². The lowest BCUT2D eigenvalue weighted by Gasteiger charge is -2.40. The predicted molar refractivity (Wildman–Crippen MR) is 118 cm³/mol. The van der Waals surface area contributed by atoms with Crippen LogP contribution in [0.2, 0.25) is 5.02 Å². The van der Waals surface area contributed by atoms with E-state index in [9.17, 15) is 4.79 Å². The third kappa shape index (κ3) is 2.37. The highest BCUT2D eigenvalue weighted by atomic mass is 35.5. The number of carbonyl (C=O) groups is 1. The molecule has 2 aliphatic rings. The fourth-order valence-electron chi connectivity index (χ4n) is 4.71. The number of halogens is 1. The molecule has 0 aliphatic carbocycles. The van der Waals surface area contributed by atoms with E-state index in [0.717, 1.165) is 41.0 Å². The Morgan fingerprint density at radius 2 is 1.63 bits per heavy atom. The second-order valence-corrected chi connectivity index (χ2v) is 7.99. The van der Waals surface area contributed by atoms with Gasteiger partial charge in [0, 0.05) is 24.2 Å². The molecule has 2 heterocycles. The van der Waals surface area contributed by atoms with Crippen molar-refractivity contribution in [2.24, 2.45) is 0 Å². The van der Waals surface area contributed by atoms with Crippen molar-refractivity contribution >= 4 is 23.3 Å². The van der Waals surface area contributed by atoms with Crippen LogP contribution in [0.5, 0.6) is 11.5 Å². The van der Waals surface area contributed by atoms with Crippen molar-refractivity contribution < 1.29 is 14.3 Å². The fourth-order valence-corrected chi connectivity index (χ4v) is 4.97. The average molecular weight is 420 g/mol. The third-order valence-corrected chi connectivity index (χ3v) is 6.55. The zero-order valence-electron chi connectivity index (χ0n) is 17.2. The molecule has 0 amide bonds. The molecule has 3 aromatic rings. The average Bonchev–Trinajstić information content (AvgIpc) is 3.05. The van der Waals surface area contributed by atoms with Gasteiger partial charge in [0.15, 0.2) is 5.60 Å². The molecule has 5 rings (SSSR count). The summed E-state index contributed by atoms with van der Waals surface area (Å²) in [4.78, 5) is 15.2. The van der Waals surface area contributed by atoms with Gasteiger partial charge in [0.25, 0.3) is 0 Å². The smallest absolute Gasteiger partial charge is 0.340 e. The zero-order chi connectivity index (χ0) is 21.0. The van der Waals surface area contributed by atoms with E-state index in [-0.39, 0.29) is 5.97 Å². The Balaban J connectivity index is 1.96. The van der Waals surface area contributed by atoms with Crippen LogP contribution in [0.1, 0.15) is 46.5 Å². The monoisotopic (exact) mass is 419 g/mol. The maximum atomic E-state index is 13.0. The van der Waals surface area contributed by atoms with Crippen molar-refractivity contribution in [3.63, 3.8) is 0 Å². The Hall–Kier alpha value is -2.98. The Kier molecular flexibility index (Phi) is 4.30. The van der Waals surface area contributed by atoms with Gasteiger partial charge >= 0.3 is 5.97 Å². The van der Waals surface area contributed by atoms with E-state index in [1.807, 2.05) is 61.5 Å². The molecule has 30 heavy (non-hydrogen) atoms. The van der Waals surface area contributed by atoms with Crippen molar-refractivity contribution in [2.75, 3.05) is 18.0 Å². The highest BCUT2D eigenvalue weighted by Gasteiger charge is 2.55. The van der Waals surface area contributed by atoms with Gasteiger partial charge in [-0.2, -0.15) is 0 Å². The minimum Gasteiger partial charge on any atom is -0.456 e. The molecule has 3 aromatic carbocycles. The molecule has 0 aromatic heterocycles. The van der Waals surface area contributed by atoms with Gasteiger partial charge in [-0.15, -0.1) is 0 Å². The van der Waals surface area contributed by atoms with E-state index in [2.05, 4.69) is 18.7 Å². The van der Waals surface area contributed by atoms with E-state index < -0.39 is 5.60 Å². The molecule has 2 aliphatic heterocycles. The van der Waals surface area contributed by atoms with Crippen molar-refractivity contribution in [2.45, 2.75) is 26.4 Å². The topological polar surface area (TPSA) is 38.8 Å². The van der Waals surface area contributed by atoms with Crippen LogP contribution in [0.4, 0.5) is 5.69 Å². The first-order valence-electron chi connectivity index (χ1n) is 10.2. The lowest BCUT2D eigenvalue weighted by atomic mass is 9.76. The number of anilines is 1.